The van der Waals surface area contributed by atoms with Crippen LogP contribution >= 0.6 is 0 Å². The van der Waals surface area contributed by atoms with Gasteiger partial charge in [0.2, 0.25) is 5.95 Å². The maximum Gasteiger partial charge on any atom is 0.323 e. The van der Waals surface area contributed by atoms with Crippen LogP contribution < -0.4 is 25.2 Å². The first-order valence-corrected chi connectivity index (χ1v) is 16.4. The zero-order valence-electron chi connectivity index (χ0n) is 27.5. The van der Waals surface area contributed by atoms with Crippen molar-refractivity contribution in [3.63, 3.8) is 0 Å². The van der Waals surface area contributed by atoms with Gasteiger partial charge in [-0.05, 0) is 49.4 Å². The van der Waals surface area contributed by atoms with Crippen LogP contribution in [-0.4, -0.2) is 68.0 Å². The monoisotopic (exact) mass is 655 g/mol. The number of pyridine rings is 2. The van der Waals surface area contributed by atoms with E-state index in [4.69, 9.17) is 14.7 Å². The summed E-state index contributed by atoms with van der Waals surface area (Å²) < 4.78 is 7.59. The largest absolute Gasteiger partial charge is 0.488 e. The third kappa shape index (κ3) is 6.99. The number of amides is 2. The molecule has 2 amide bonds. The summed E-state index contributed by atoms with van der Waals surface area (Å²) in [6.07, 6.45) is 11.9. The summed E-state index contributed by atoms with van der Waals surface area (Å²) in [5, 5.41) is 20.7. The molecule has 0 atom stereocenters. The second kappa shape index (κ2) is 14.0. The minimum Gasteiger partial charge on any atom is -0.488 e. The Morgan fingerprint density at radius 3 is 2.53 bits per heavy atom. The minimum absolute atomic E-state index is 0.0530. The van der Waals surface area contributed by atoms with Gasteiger partial charge in [0.25, 0.3) is 0 Å². The molecule has 2 N–H and O–H groups in total. The molecule has 0 unspecified atom stereocenters. The summed E-state index contributed by atoms with van der Waals surface area (Å²) in [5.41, 5.74) is 4.48. The van der Waals surface area contributed by atoms with Gasteiger partial charge in [-0.1, -0.05) is 30.3 Å². The quantitative estimate of drug-likeness (QED) is 0.229. The fourth-order valence-corrected chi connectivity index (χ4v) is 6.36. The Labute approximate surface area is 284 Å². The van der Waals surface area contributed by atoms with Crippen molar-refractivity contribution in [2.24, 2.45) is 7.05 Å². The number of ether oxygens (including phenoxy) is 1. The van der Waals surface area contributed by atoms with E-state index in [1.807, 2.05) is 73.7 Å². The fraction of sp³-hybridized carbons (Fsp3) is 0.306. The third-order valence-electron chi connectivity index (χ3n) is 8.99. The van der Waals surface area contributed by atoms with E-state index < -0.39 is 0 Å². The molecule has 0 spiro atoms. The molecule has 4 aromatic heterocycles. The van der Waals surface area contributed by atoms with Gasteiger partial charge in [0, 0.05) is 68.0 Å². The number of carbonyl (C=O) groups is 1. The van der Waals surface area contributed by atoms with Crippen molar-refractivity contribution < 1.29 is 9.53 Å². The summed E-state index contributed by atoms with van der Waals surface area (Å²) in [6, 6.07) is 17.7. The number of benzene rings is 1. The summed E-state index contributed by atoms with van der Waals surface area (Å²) >= 11 is 0. The van der Waals surface area contributed by atoms with Gasteiger partial charge in [-0.25, -0.2) is 24.7 Å². The number of anilines is 3. The first kappa shape index (κ1) is 31.6. The molecule has 1 aliphatic carbocycles. The molecular weight excluding hydrogens is 618 g/mol. The average Bonchev–Trinajstić information content (AvgIpc) is 3.58. The zero-order valence-corrected chi connectivity index (χ0v) is 27.5. The van der Waals surface area contributed by atoms with Gasteiger partial charge < -0.3 is 20.3 Å². The minimum atomic E-state index is -0.184. The van der Waals surface area contributed by atoms with Crippen LogP contribution in [-0.2, 0) is 13.6 Å². The lowest BCUT2D eigenvalue weighted by atomic mass is 9.90. The highest BCUT2D eigenvalue weighted by Gasteiger charge is 2.31. The second-order valence-electron chi connectivity index (χ2n) is 12.4. The number of carbonyl (C=O) groups excluding carboxylic acids is 1. The van der Waals surface area contributed by atoms with Crippen LogP contribution in [0, 0.1) is 11.3 Å². The number of urea groups is 1. The number of likely N-dealkylation sites (N-methyl/N-ethyl adjacent to an activating group) is 1. The second-order valence-corrected chi connectivity index (χ2v) is 12.4. The molecule has 0 saturated heterocycles. The van der Waals surface area contributed by atoms with Gasteiger partial charge in [-0.3, -0.25) is 9.58 Å². The van der Waals surface area contributed by atoms with Crippen LogP contribution in [0.4, 0.5) is 22.4 Å². The van der Waals surface area contributed by atoms with Crippen molar-refractivity contribution in [1.82, 2.24) is 35.0 Å². The molecule has 1 aliphatic heterocycles. The number of hydrogen-bond acceptors (Lipinski definition) is 10. The standard InChI is InChI=1S/C36H37N11O2/c1-45-14-15-49-31-16-26(20-39-34(31)45)33-27(17-37)21-40-35(44-33)43-29-9-11-30(12-10-29)47(36(48)41-18-24-6-4-3-5-7-24)32-13-8-25(19-38-32)28-22-42-46(2)23-28/h3-8,13,16,19-23,29-30H,9-12,14-15,18H2,1-2H3,(H,41,48)(H,40,43,44). The number of nitriles is 1. The number of nitrogens with one attached hydrogen (secondary N) is 2. The topological polar surface area (TPSA) is 150 Å². The van der Waals surface area contributed by atoms with Crippen molar-refractivity contribution in [2.45, 2.75) is 44.3 Å². The lowest BCUT2D eigenvalue weighted by Crippen LogP contribution is -2.49. The highest BCUT2D eigenvalue weighted by molar-refractivity contribution is 5.91. The normalized spacial score (nSPS) is 17.0. The molecule has 1 saturated carbocycles. The predicted octanol–water partition coefficient (Wildman–Crippen LogP) is 5.17. The molecule has 1 aromatic carbocycles. The van der Waals surface area contributed by atoms with Crippen LogP contribution in [0.15, 0.2) is 79.5 Å². The Morgan fingerprint density at radius 2 is 1.80 bits per heavy atom. The molecule has 0 radical (unpaired) electrons. The number of aryl methyl sites for hydroxylation is 1. The molecule has 5 heterocycles. The van der Waals surface area contributed by atoms with E-state index in [0.29, 0.717) is 47.5 Å². The van der Waals surface area contributed by atoms with Gasteiger partial charge in [-0.2, -0.15) is 10.4 Å². The zero-order chi connectivity index (χ0) is 33.7. The van der Waals surface area contributed by atoms with Crippen molar-refractivity contribution in [2.75, 3.05) is 35.3 Å². The van der Waals surface area contributed by atoms with Gasteiger partial charge in [0.05, 0.1) is 30.2 Å². The van der Waals surface area contributed by atoms with E-state index in [1.165, 1.54) is 0 Å². The SMILES string of the molecule is CN1CCOc2cc(-c3nc(NC4CCC(N(C(=O)NCc5ccccc5)c5ccc(-c6cnn(C)c6)cn5)CC4)ncc3C#N)cnc21. The van der Waals surface area contributed by atoms with Gasteiger partial charge in [0.1, 0.15) is 18.5 Å². The first-order valence-electron chi connectivity index (χ1n) is 16.4. The summed E-state index contributed by atoms with van der Waals surface area (Å²) in [7, 11) is 3.85. The number of rotatable bonds is 8. The molecular formula is C36H37N11O2. The van der Waals surface area contributed by atoms with E-state index >= 15 is 0 Å². The number of nitrogens with zero attached hydrogens (tertiary/aromatic N) is 9. The average molecular weight is 656 g/mol. The molecule has 7 rings (SSSR count). The molecule has 1 fully saturated rings. The van der Waals surface area contributed by atoms with Crippen LogP contribution in [0.2, 0.25) is 0 Å². The van der Waals surface area contributed by atoms with Crippen LogP contribution in [0.1, 0.15) is 36.8 Å². The Balaban J connectivity index is 1.06. The first-order chi connectivity index (χ1) is 23.9. The molecule has 13 heteroatoms. The molecule has 49 heavy (non-hydrogen) atoms. The lowest BCUT2D eigenvalue weighted by molar-refractivity contribution is 0.240. The Morgan fingerprint density at radius 1 is 0.980 bits per heavy atom. The van der Waals surface area contributed by atoms with Gasteiger partial charge in [0.15, 0.2) is 11.6 Å². The number of fused-ring (bicyclic) bond motifs is 1. The van der Waals surface area contributed by atoms with E-state index in [9.17, 15) is 10.1 Å². The lowest BCUT2D eigenvalue weighted by Gasteiger charge is -2.36. The van der Waals surface area contributed by atoms with Crippen LogP contribution in [0.3, 0.4) is 0 Å². The Hall–Kier alpha value is -6.03. The van der Waals surface area contributed by atoms with Crippen molar-refractivity contribution in [3.8, 4) is 34.2 Å². The molecule has 248 valence electrons. The summed E-state index contributed by atoms with van der Waals surface area (Å²) in [4.78, 5) is 36.1. The Bertz CT molecular complexity index is 1970. The summed E-state index contributed by atoms with van der Waals surface area (Å²) in [5.74, 6) is 2.47. The van der Waals surface area contributed by atoms with Crippen LogP contribution in [0.25, 0.3) is 22.4 Å². The van der Waals surface area contributed by atoms with Gasteiger partial charge >= 0.3 is 6.03 Å². The highest BCUT2D eigenvalue weighted by Crippen LogP contribution is 2.34. The number of aromatic nitrogens is 6. The third-order valence-corrected chi connectivity index (χ3v) is 8.99. The van der Waals surface area contributed by atoms with E-state index in [2.05, 4.69) is 31.8 Å². The maximum absolute atomic E-state index is 13.8. The van der Waals surface area contributed by atoms with Crippen molar-refractivity contribution >= 4 is 23.6 Å². The Kier molecular flexibility index (Phi) is 9.01. The maximum atomic E-state index is 13.8. The smallest absolute Gasteiger partial charge is 0.323 e. The van der Waals surface area contributed by atoms with Gasteiger partial charge in [-0.15, -0.1) is 0 Å². The van der Waals surface area contributed by atoms with E-state index in [-0.39, 0.29) is 18.1 Å². The number of hydrogen-bond donors (Lipinski definition) is 2. The van der Waals surface area contributed by atoms with E-state index in [1.54, 1.807) is 34.4 Å². The fourth-order valence-electron chi connectivity index (χ4n) is 6.36. The summed E-state index contributed by atoms with van der Waals surface area (Å²) in [6.45, 7) is 1.75. The predicted molar refractivity (Wildman–Crippen MR) is 186 cm³/mol. The molecule has 5 aromatic rings. The molecule has 2 aliphatic rings. The molecule has 0 bridgehead atoms. The van der Waals surface area contributed by atoms with Crippen molar-refractivity contribution in [3.05, 3.63) is 90.6 Å². The van der Waals surface area contributed by atoms with Crippen LogP contribution in [0.5, 0.6) is 5.75 Å². The highest BCUT2D eigenvalue weighted by atomic mass is 16.5. The molecule has 13 nitrogen and oxygen atoms in total. The van der Waals surface area contributed by atoms with Crippen molar-refractivity contribution in [1.29, 1.82) is 5.26 Å². The van der Waals surface area contributed by atoms with E-state index in [0.717, 1.165) is 54.7 Å².